The standard InChI is InChI=1S/C22H27BrN2O2/c1-4-16(2)24-22(27)17(3)25(15-19-10-12-20(23)13-11-19)21(26)14-18-8-6-5-7-9-18/h5-13,16-17H,4,14-15H2,1-3H3,(H,24,27)/t16-,17+/m1/s1. The maximum atomic E-state index is 13.0. The van der Waals surface area contributed by atoms with Crippen molar-refractivity contribution in [2.24, 2.45) is 0 Å². The number of nitrogens with zero attached hydrogens (tertiary/aromatic N) is 1. The van der Waals surface area contributed by atoms with Crippen LogP contribution in [0.2, 0.25) is 0 Å². The number of halogens is 1. The molecule has 5 heteroatoms. The van der Waals surface area contributed by atoms with E-state index in [1.54, 1.807) is 11.8 Å². The Morgan fingerprint density at radius 3 is 2.22 bits per heavy atom. The molecule has 0 aliphatic heterocycles. The van der Waals surface area contributed by atoms with Gasteiger partial charge < -0.3 is 10.2 Å². The Hall–Kier alpha value is -2.14. The molecule has 0 radical (unpaired) electrons. The smallest absolute Gasteiger partial charge is 0.242 e. The van der Waals surface area contributed by atoms with E-state index in [1.165, 1.54) is 0 Å². The minimum Gasteiger partial charge on any atom is -0.352 e. The molecule has 144 valence electrons. The Bertz CT molecular complexity index is 747. The molecule has 0 bridgehead atoms. The zero-order valence-electron chi connectivity index (χ0n) is 16.1. The second-order valence-corrected chi connectivity index (χ2v) is 7.72. The predicted octanol–water partition coefficient (Wildman–Crippen LogP) is 4.32. The third-order valence-corrected chi connectivity index (χ3v) is 5.16. The predicted molar refractivity (Wildman–Crippen MR) is 112 cm³/mol. The number of rotatable bonds is 8. The van der Waals surface area contributed by atoms with Gasteiger partial charge in [-0.05, 0) is 43.5 Å². The SMILES string of the molecule is CC[C@@H](C)NC(=O)[C@H](C)N(Cc1ccc(Br)cc1)C(=O)Cc1ccccc1. The molecule has 0 fully saturated rings. The monoisotopic (exact) mass is 430 g/mol. The van der Waals surface area contributed by atoms with Crippen LogP contribution in [0, 0.1) is 0 Å². The number of carbonyl (C=O) groups is 2. The molecule has 2 atom stereocenters. The van der Waals surface area contributed by atoms with Gasteiger partial charge in [0, 0.05) is 17.1 Å². The summed E-state index contributed by atoms with van der Waals surface area (Å²) in [5, 5.41) is 2.98. The average Bonchev–Trinajstić information content (AvgIpc) is 2.67. The van der Waals surface area contributed by atoms with E-state index < -0.39 is 6.04 Å². The highest BCUT2D eigenvalue weighted by Gasteiger charge is 2.26. The van der Waals surface area contributed by atoms with Crippen molar-refractivity contribution in [1.82, 2.24) is 10.2 Å². The summed E-state index contributed by atoms with van der Waals surface area (Å²) in [6.07, 6.45) is 1.13. The zero-order chi connectivity index (χ0) is 19.8. The van der Waals surface area contributed by atoms with E-state index in [-0.39, 0.29) is 24.3 Å². The van der Waals surface area contributed by atoms with Crippen LogP contribution in [0.15, 0.2) is 59.1 Å². The van der Waals surface area contributed by atoms with Crippen molar-refractivity contribution >= 4 is 27.7 Å². The van der Waals surface area contributed by atoms with Gasteiger partial charge >= 0.3 is 0 Å². The maximum Gasteiger partial charge on any atom is 0.242 e. The average molecular weight is 431 g/mol. The molecule has 2 aromatic carbocycles. The molecule has 2 amide bonds. The molecule has 0 unspecified atom stereocenters. The number of carbonyl (C=O) groups excluding carboxylic acids is 2. The molecule has 4 nitrogen and oxygen atoms in total. The number of hydrogen-bond acceptors (Lipinski definition) is 2. The van der Waals surface area contributed by atoms with E-state index in [0.29, 0.717) is 6.54 Å². The quantitative estimate of drug-likeness (QED) is 0.677. The third kappa shape index (κ3) is 6.51. The molecule has 0 spiro atoms. The first-order valence-corrected chi connectivity index (χ1v) is 10.1. The van der Waals surface area contributed by atoms with E-state index in [9.17, 15) is 9.59 Å². The van der Waals surface area contributed by atoms with Crippen LogP contribution in [-0.2, 0) is 22.6 Å². The Labute approximate surface area is 170 Å². The van der Waals surface area contributed by atoms with Gasteiger partial charge in [0.2, 0.25) is 11.8 Å². The molecule has 0 aliphatic rings. The summed E-state index contributed by atoms with van der Waals surface area (Å²) in [5.41, 5.74) is 1.93. The molecule has 0 aromatic heterocycles. The minimum atomic E-state index is -0.543. The summed E-state index contributed by atoms with van der Waals surface area (Å²) in [5.74, 6) is -0.182. The van der Waals surface area contributed by atoms with E-state index in [2.05, 4.69) is 21.2 Å². The molecule has 0 saturated heterocycles. The Kier molecular flexibility index (Phi) is 8.04. The molecule has 2 aromatic rings. The lowest BCUT2D eigenvalue weighted by atomic mass is 10.1. The van der Waals surface area contributed by atoms with Gasteiger partial charge in [-0.15, -0.1) is 0 Å². The van der Waals surface area contributed by atoms with Crippen LogP contribution in [0.3, 0.4) is 0 Å². The van der Waals surface area contributed by atoms with E-state index in [0.717, 1.165) is 22.0 Å². The van der Waals surface area contributed by atoms with Crippen molar-refractivity contribution in [3.05, 3.63) is 70.2 Å². The highest BCUT2D eigenvalue weighted by atomic mass is 79.9. The Morgan fingerprint density at radius 1 is 1.00 bits per heavy atom. The lowest BCUT2D eigenvalue weighted by molar-refractivity contribution is -0.140. The second-order valence-electron chi connectivity index (χ2n) is 6.80. The summed E-state index contributed by atoms with van der Waals surface area (Å²) in [4.78, 5) is 27.3. The molecular weight excluding hydrogens is 404 g/mol. The van der Waals surface area contributed by atoms with E-state index >= 15 is 0 Å². The van der Waals surface area contributed by atoms with Gasteiger partial charge in [-0.1, -0.05) is 65.3 Å². The normalized spacial score (nSPS) is 12.9. The van der Waals surface area contributed by atoms with Crippen LogP contribution in [0.4, 0.5) is 0 Å². The summed E-state index contributed by atoms with van der Waals surface area (Å²) in [6.45, 7) is 6.18. The first-order valence-electron chi connectivity index (χ1n) is 9.29. The number of hydrogen-bond donors (Lipinski definition) is 1. The number of amides is 2. The van der Waals surface area contributed by atoms with Crippen molar-refractivity contribution in [2.75, 3.05) is 0 Å². The summed E-state index contributed by atoms with van der Waals surface area (Å²) in [7, 11) is 0. The Morgan fingerprint density at radius 2 is 1.63 bits per heavy atom. The van der Waals surface area contributed by atoms with Crippen molar-refractivity contribution in [3.8, 4) is 0 Å². The van der Waals surface area contributed by atoms with Crippen molar-refractivity contribution < 1.29 is 9.59 Å². The van der Waals surface area contributed by atoms with Crippen LogP contribution >= 0.6 is 15.9 Å². The molecule has 27 heavy (non-hydrogen) atoms. The van der Waals surface area contributed by atoms with Gasteiger partial charge in [-0.2, -0.15) is 0 Å². The summed E-state index contributed by atoms with van der Waals surface area (Å²) >= 11 is 3.43. The topological polar surface area (TPSA) is 49.4 Å². The van der Waals surface area contributed by atoms with Crippen molar-refractivity contribution in [3.63, 3.8) is 0 Å². The van der Waals surface area contributed by atoms with Crippen LogP contribution < -0.4 is 5.32 Å². The zero-order valence-corrected chi connectivity index (χ0v) is 17.7. The first-order chi connectivity index (χ1) is 12.9. The van der Waals surface area contributed by atoms with E-state index in [1.807, 2.05) is 68.4 Å². The molecule has 0 saturated carbocycles. The van der Waals surface area contributed by atoms with Gasteiger partial charge in [-0.25, -0.2) is 0 Å². The minimum absolute atomic E-state index is 0.0593. The molecule has 0 heterocycles. The lowest BCUT2D eigenvalue weighted by Gasteiger charge is -2.30. The fraction of sp³-hybridized carbons (Fsp3) is 0.364. The van der Waals surface area contributed by atoms with Gasteiger partial charge in [-0.3, -0.25) is 9.59 Å². The molecule has 1 N–H and O–H groups in total. The van der Waals surface area contributed by atoms with Gasteiger partial charge in [0.1, 0.15) is 6.04 Å². The lowest BCUT2D eigenvalue weighted by Crippen LogP contribution is -2.49. The highest BCUT2D eigenvalue weighted by molar-refractivity contribution is 9.10. The van der Waals surface area contributed by atoms with Crippen molar-refractivity contribution in [2.45, 2.75) is 52.2 Å². The van der Waals surface area contributed by atoms with Crippen LogP contribution in [0.1, 0.15) is 38.3 Å². The fourth-order valence-corrected chi connectivity index (χ4v) is 2.97. The molecule has 2 rings (SSSR count). The Balaban J connectivity index is 2.19. The maximum absolute atomic E-state index is 13.0. The number of nitrogens with one attached hydrogen (secondary N) is 1. The fourth-order valence-electron chi connectivity index (χ4n) is 2.71. The highest BCUT2D eigenvalue weighted by Crippen LogP contribution is 2.15. The van der Waals surface area contributed by atoms with E-state index in [4.69, 9.17) is 0 Å². The largest absolute Gasteiger partial charge is 0.352 e. The first kappa shape index (κ1) is 21.2. The van der Waals surface area contributed by atoms with Gasteiger partial charge in [0.25, 0.3) is 0 Å². The summed E-state index contributed by atoms with van der Waals surface area (Å²) in [6, 6.07) is 17.0. The third-order valence-electron chi connectivity index (χ3n) is 4.63. The number of benzene rings is 2. The molecular formula is C22H27BrN2O2. The van der Waals surface area contributed by atoms with Crippen molar-refractivity contribution in [1.29, 1.82) is 0 Å². The second kappa shape index (κ2) is 10.3. The summed E-state index contributed by atoms with van der Waals surface area (Å²) < 4.78 is 0.982. The van der Waals surface area contributed by atoms with Gasteiger partial charge in [0.15, 0.2) is 0 Å². The van der Waals surface area contributed by atoms with Crippen LogP contribution in [0.25, 0.3) is 0 Å². The molecule has 0 aliphatic carbocycles. The van der Waals surface area contributed by atoms with Crippen LogP contribution in [0.5, 0.6) is 0 Å². The van der Waals surface area contributed by atoms with Crippen LogP contribution in [-0.4, -0.2) is 28.8 Å². The van der Waals surface area contributed by atoms with Gasteiger partial charge in [0.05, 0.1) is 6.42 Å².